The van der Waals surface area contributed by atoms with Crippen LogP contribution in [0.4, 0.5) is 18.0 Å². The second kappa shape index (κ2) is 10.4. The van der Waals surface area contributed by atoms with Crippen LogP contribution in [0.25, 0.3) is 10.8 Å². The van der Waals surface area contributed by atoms with Gasteiger partial charge in [-0.2, -0.15) is 13.2 Å². The second-order valence-corrected chi connectivity index (χ2v) is 9.93. The molecule has 1 fully saturated rings. The Bertz CT molecular complexity index is 970. The minimum absolute atomic E-state index is 0.337. The molecule has 0 atom stereocenters. The van der Waals surface area contributed by atoms with Crippen LogP contribution in [0.15, 0.2) is 41.3 Å². The Kier molecular flexibility index (Phi) is 8.39. The van der Waals surface area contributed by atoms with Crippen molar-refractivity contribution in [3.63, 3.8) is 0 Å². The van der Waals surface area contributed by atoms with Crippen LogP contribution in [0.2, 0.25) is 0 Å². The van der Waals surface area contributed by atoms with E-state index in [1.54, 1.807) is 0 Å². The maximum Gasteiger partial charge on any atom is 0.513 e. The molecule has 0 aliphatic carbocycles. The molecule has 2 aromatic carbocycles. The summed E-state index contributed by atoms with van der Waals surface area (Å²) in [5, 5.41) is 2.20. The molecule has 2 aromatic rings. The van der Waals surface area contributed by atoms with Crippen molar-refractivity contribution in [1.29, 1.82) is 0 Å². The highest BCUT2D eigenvalue weighted by atomic mass is 32.2. The molecule has 0 spiro atoms. The first kappa shape index (κ1) is 24.3. The Labute approximate surface area is 175 Å². The quantitative estimate of drug-likeness (QED) is 0.215. The Morgan fingerprint density at radius 3 is 2.20 bits per heavy atom. The Morgan fingerprint density at radius 1 is 1.10 bits per heavy atom. The molecule has 1 saturated heterocycles. The third-order valence-corrected chi connectivity index (χ3v) is 7.20. The van der Waals surface area contributed by atoms with Crippen LogP contribution >= 0.6 is 0 Å². The molecule has 0 amide bonds. The second-order valence-electron chi connectivity index (χ2n) is 6.32. The van der Waals surface area contributed by atoms with Crippen molar-refractivity contribution in [2.24, 2.45) is 0 Å². The van der Waals surface area contributed by atoms with E-state index in [0.717, 1.165) is 11.8 Å². The van der Waals surface area contributed by atoms with E-state index in [9.17, 15) is 18.0 Å². The molecule has 0 N–H and O–H groups in total. The van der Waals surface area contributed by atoms with Gasteiger partial charge in [-0.1, -0.05) is 25.1 Å². The Balaban J connectivity index is 0.000000343. The Hall–Kier alpha value is -1.98. The van der Waals surface area contributed by atoms with Crippen LogP contribution in [0.3, 0.4) is 0 Å². The summed E-state index contributed by atoms with van der Waals surface area (Å²) in [6.45, 7) is 2.35. The highest BCUT2D eigenvalue weighted by Gasteiger charge is 2.37. The number of benzene rings is 2. The van der Waals surface area contributed by atoms with Gasteiger partial charge in [0.05, 0.1) is 6.61 Å². The molecule has 0 bridgehead atoms. The molecule has 166 valence electrons. The van der Waals surface area contributed by atoms with Gasteiger partial charge < -0.3 is 14.0 Å². The van der Waals surface area contributed by atoms with Gasteiger partial charge in [0, 0.05) is 21.7 Å². The summed E-state index contributed by atoms with van der Waals surface area (Å²) >= 11 is 0. The summed E-state index contributed by atoms with van der Waals surface area (Å²) in [4.78, 5) is 13.1. The third-order valence-electron chi connectivity index (χ3n) is 4.09. The molecule has 1 aliphatic rings. The maximum atomic E-state index is 11.7. The van der Waals surface area contributed by atoms with Gasteiger partial charge in [0.2, 0.25) is 0 Å². The number of halogens is 3. The van der Waals surface area contributed by atoms with Gasteiger partial charge in [0.1, 0.15) is 17.3 Å². The minimum atomic E-state index is -6.09. The zero-order valence-corrected chi connectivity index (χ0v) is 17.7. The number of hydrogen-bond donors (Lipinski definition) is 0. The monoisotopic (exact) mass is 466 g/mol. The number of fused-ring (bicyclic) bond motifs is 1. The lowest BCUT2D eigenvalue weighted by molar-refractivity contribution is -0.0517. The van der Waals surface area contributed by atoms with E-state index >= 15 is 0 Å². The van der Waals surface area contributed by atoms with Crippen molar-refractivity contribution in [2.45, 2.75) is 36.6 Å². The van der Waals surface area contributed by atoms with Crippen LogP contribution in [0.5, 0.6) is 5.75 Å². The van der Waals surface area contributed by atoms with Gasteiger partial charge in [-0.05, 0) is 37.5 Å². The highest BCUT2D eigenvalue weighted by molar-refractivity contribution is 7.97. The van der Waals surface area contributed by atoms with E-state index in [1.807, 2.05) is 31.2 Å². The van der Waals surface area contributed by atoms with E-state index in [4.69, 9.17) is 22.4 Å². The van der Waals surface area contributed by atoms with Crippen LogP contribution in [-0.2, 0) is 25.7 Å². The van der Waals surface area contributed by atoms with Crippen LogP contribution in [0, 0.1) is 0 Å². The summed E-state index contributed by atoms with van der Waals surface area (Å²) in [6.07, 6.45) is 2.80. The van der Waals surface area contributed by atoms with Gasteiger partial charge in [-0.25, -0.2) is 13.2 Å². The molecule has 1 heterocycles. The fraction of sp³-hybridized carbons (Fsp3) is 0.421. The first-order valence-electron chi connectivity index (χ1n) is 9.10. The predicted molar refractivity (Wildman–Crippen MR) is 107 cm³/mol. The number of ether oxygens (including phenoxy) is 2. The predicted octanol–water partition coefficient (Wildman–Crippen LogP) is 4.59. The molecule has 11 heteroatoms. The summed E-state index contributed by atoms with van der Waals surface area (Å²) < 4.78 is 69.3. The van der Waals surface area contributed by atoms with E-state index in [2.05, 4.69) is 12.1 Å². The first-order chi connectivity index (χ1) is 14.0. The average molecular weight is 466 g/mol. The van der Waals surface area contributed by atoms with Gasteiger partial charge in [-0.3, -0.25) is 0 Å². The van der Waals surface area contributed by atoms with E-state index in [0.29, 0.717) is 23.3 Å². The number of carbonyl (C=O) groups excluding carboxylic acids is 1. The van der Waals surface area contributed by atoms with Gasteiger partial charge in [-0.15, -0.1) is 0 Å². The lowest BCUT2D eigenvalue weighted by Crippen LogP contribution is -2.21. The smallest absolute Gasteiger partial charge is 0.513 e. The summed E-state index contributed by atoms with van der Waals surface area (Å²) in [6, 6.07) is 12.2. The van der Waals surface area contributed by atoms with E-state index in [1.165, 1.54) is 34.6 Å². The minimum Gasteiger partial charge on any atom is -0.741 e. The van der Waals surface area contributed by atoms with E-state index < -0.39 is 21.8 Å². The van der Waals surface area contributed by atoms with Crippen LogP contribution < -0.4 is 4.74 Å². The van der Waals surface area contributed by atoms with Crippen molar-refractivity contribution in [1.82, 2.24) is 0 Å². The van der Waals surface area contributed by atoms with Crippen molar-refractivity contribution < 1.29 is 40.4 Å². The molecule has 0 saturated carbocycles. The SMILES string of the molecule is CCCOC(=O)Oc1ccc([S+]2CCCC2)c2ccccc12.O=S(=O)([O-])C(F)(F)F. The summed E-state index contributed by atoms with van der Waals surface area (Å²) in [5.41, 5.74) is -5.65. The fourth-order valence-electron chi connectivity index (χ4n) is 2.76. The summed E-state index contributed by atoms with van der Waals surface area (Å²) in [5.74, 6) is 3.15. The molecule has 30 heavy (non-hydrogen) atoms. The normalized spacial score (nSPS) is 14.8. The zero-order valence-electron chi connectivity index (χ0n) is 16.1. The lowest BCUT2D eigenvalue weighted by Gasteiger charge is -2.10. The number of alkyl halides is 3. The molecule has 0 aromatic heterocycles. The summed E-state index contributed by atoms with van der Waals surface area (Å²) in [7, 11) is -5.75. The molecule has 1 aliphatic heterocycles. The van der Waals surface area contributed by atoms with Crippen LogP contribution in [0.1, 0.15) is 26.2 Å². The lowest BCUT2D eigenvalue weighted by atomic mass is 10.1. The topological polar surface area (TPSA) is 92.7 Å². The Morgan fingerprint density at radius 2 is 1.67 bits per heavy atom. The number of hydrogen-bond acceptors (Lipinski definition) is 6. The maximum absolute atomic E-state index is 11.7. The number of carbonyl (C=O) groups is 1. The van der Waals surface area contributed by atoms with Crippen molar-refractivity contribution in [3.05, 3.63) is 36.4 Å². The van der Waals surface area contributed by atoms with Crippen molar-refractivity contribution in [2.75, 3.05) is 18.1 Å². The average Bonchev–Trinajstić information content (AvgIpc) is 3.20. The fourth-order valence-corrected chi connectivity index (χ4v) is 5.26. The molecule has 0 radical (unpaired) electrons. The van der Waals surface area contributed by atoms with Gasteiger partial charge in [0.25, 0.3) is 0 Å². The van der Waals surface area contributed by atoms with Crippen molar-refractivity contribution >= 4 is 37.9 Å². The molecular weight excluding hydrogens is 445 g/mol. The first-order valence-corrected chi connectivity index (χ1v) is 12.1. The zero-order chi connectivity index (χ0) is 22.4. The van der Waals surface area contributed by atoms with E-state index in [-0.39, 0.29) is 0 Å². The molecular formula is C19H21F3O6S2. The van der Waals surface area contributed by atoms with Gasteiger partial charge in [0.15, 0.2) is 15.0 Å². The molecule has 6 nitrogen and oxygen atoms in total. The molecule has 0 unspecified atom stereocenters. The largest absolute Gasteiger partial charge is 0.741 e. The third kappa shape index (κ3) is 6.51. The van der Waals surface area contributed by atoms with Crippen molar-refractivity contribution in [3.8, 4) is 5.75 Å². The van der Waals surface area contributed by atoms with Gasteiger partial charge >= 0.3 is 11.7 Å². The van der Waals surface area contributed by atoms with Crippen LogP contribution in [-0.4, -0.2) is 42.7 Å². The standard InChI is InChI=1S/C18H21O3S.CHF3O3S/c1-2-11-20-18(19)21-16-9-10-17(22-12-5-6-13-22)15-8-4-3-7-14(15)16;2-1(3,4)8(5,6)7/h3-4,7-10H,2,5-6,11-13H2,1H3;(H,5,6,7)/q+1;/p-1. The highest BCUT2D eigenvalue weighted by Crippen LogP contribution is 2.34. The number of rotatable bonds is 4. The molecule has 3 rings (SSSR count).